The Morgan fingerprint density at radius 1 is 0.643 bits per heavy atom. The maximum atomic E-state index is 12.5. The summed E-state index contributed by atoms with van der Waals surface area (Å²) in [7, 11) is -2.53. The quantitative estimate of drug-likeness (QED) is 0.528. The van der Waals surface area contributed by atoms with Crippen LogP contribution in [0.25, 0.3) is 0 Å². The smallest absolute Gasteiger partial charge is 0.312 e. The normalized spacial score (nSPS) is 11.1. The van der Waals surface area contributed by atoms with E-state index in [0.717, 1.165) is 15.9 Å². The molecule has 0 atom stereocenters. The lowest BCUT2D eigenvalue weighted by Gasteiger charge is -2.26. The highest BCUT2D eigenvalue weighted by Gasteiger charge is 2.27. The molecular weight excluding hydrogens is 369 g/mol. The Morgan fingerprint density at radius 3 is 1.46 bits per heavy atom. The van der Waals surface area contributed by atoms with E-state index in [1.807, 2.05) is 91.0 Å². The Bertz CT molecular complexity index is 1140. The van der Waals surface area contributed by atoms with Crippen LogP contribution in [0.5, 0.6) is 0 Å². The second-order valence-corrected chi connectivity index (χ2v) is 9.22. The highest BCUT2D eigenvalue weighted by Crippen LogP contribution is 2.48. The van der Waals surface area contributed by atoms with Crippen molar-refractivity contribution in [2.24, 2.45) is 4.74 Å². The molecule has 0 fully saturated rings. The van der Waals surface area contributed by atoms with Gasteiger partial charge in [0.2, 0.25) is 0 Å². The molecule has 0 aliphatic carbocycles. The molecule has 1 aromatic heterocycles. The first-order valence-corrected chi connectivity index (χ1v) is 10.6. The molecule has 0 spiro atoms. The molecule has 4 aromatic rings. The predicted octanol–water partition coefficient (Wildman–Crippen LogP) is 2.87. The SMILES string of the molecule is O=c1[nH]cc(N=P(c2ccccc2)(c2ccccc2)c2ccccc2)c(=O)[nH]1. The number of nitrogens with zero attached hydrogens (tertiary/aromatic N) is 1. The van der Waals surface area contributed by atoms with Gasteiger partial charge in [-0.3, -0.25) is 9.78 Å². The van der Waals surface area contributed by atoms with Gasteiger partial charge in [-0.2, -0.15) is 0 Å². The van der Waals surface area contributed by atoms with Gasteiger partial charge < -0.3 is 4.98 Å². The van der Waals surface area contributed by atoms with Crippen molar-refractivity contribution in [3.63, 3.8) is 0 Å². The van der Waals surface area contributed by atoms with Crippen molar-refractivity contribution in [2.75, 3.05) is 0 Å². The molecule has 5 nitrogen and oxygen atoms in total. The maximum Gasteiger partial charge on any atom is 0.325 e. The van der Waals surface area contributed by atoms with Crippen LogP contribution in [0, 0.1) is 0 Å². The average molecular weight is 387 g/mol. The van der Waals surface area contributed by atoms with E-state index < -0.39 is 18.3 Å². The standard InChI is InChI=1S/C22H18N3O2P/c26-21-20(16-23-22(27)24-21)25-28(17-10-4-1-5-11-17,18-12-6-2-7-13-18)19-14-8-3-9-15-19/h1-16H,(H2,23,24,26,27). The summed E-state index contributed by atoms with van der Waals surface area (Å²) < 4.78 is 5.04. The lowest BCUT2D eigenvalue weighted by molar-refractivity contribution is 1.03. The number of hydrogen-bond acceptors (Lipinski definition) is 3. The van der Waals surface area contributed by atoms with Gasteiger partial charge in [0.1, 0.15) is 5.69 Å². The molecule has 1 heterocycles. The Hall–Kier alpha value is -3.43. The molecule has 138 valence electrons. The van der Waals surface area contributed by atoms with Crippen molar-refractivity contribution in [1.29, 1.82) is 0 Å². The van der Waals surface area contributed by atoms with Gasteiger partial charge in [0, 0.05) is 22.1 Å². The van der Waals surface area contributed by atoms with Crippen LogP contribution in [0.15, 0.2) is 112 Å². The van der Waals surface area contributed by atoms with Crippen molar-refractivity contribution >= 4 is 28.7 Å². The summed E-state index contributed by atoms with van der Waals surface area (Å²) in [4.78, 5) is 28.7. The minimum atomic E-state index is -2.53. The molecule has 0 amide bonds. The Kier molecular flexibility index (Phi) is 4.92. The van der Waals surface area contributed by atoms with Crippen molar-refractivity contribution < 1.29 is 0 Å². The number of aromatic nitrogens is 2. The van der Waals surface area contributed by atoms with Crippen LogP contribution in [0.3, 0.4) is 0 Å². The van der Waals surface area contributed by atoms with Crippen LogP contribution < -0.4 is 27.2 Å². The average Bonchev–Trinajstić information content (AvgIpc) is 2.75. The molecule has 28 heavy (non-hydrogen) atoms. The molecule has 0 aliphatic heterocycles. The van der Waals surface area contributed by atoms with E-state index in [-0.39, 0.29) is 5.69 Å². The Labute approximate surface area is 161 Å². The molecule has 2 N–H and O–H groups in total. The van der Waals surface area contributed by atoms with E-state index in [9.17, 15) is 9.59 Å². The summed E-state index contributed by atoms with van der Waals surface area (Å²) in [6, 6.07) is 30.0. The fourth-order valence-electron chi connectivity index (χ4n) is 3.19. The molecular formula is C22H18N3O2P. The number of nitrogens with one attached hydrogen (secondary N) is 2. The summed E-state index contributed by atoms with van der Waals surface area (Å²) in [5.41, 5.74) is -0.854. The van der Waals surface area contributed by atoms with Crippen molar-refractivity contribution in [1.82, 2.24) is 9.97 Å². The molecule has 0 aliphatic rings. The molecule has 0 radical (unpaired) electrons. The van der Waals surface area contributed by atoms with Crippen molar-refractivity contribution in [3.05, 3.63) is 118 Å². The van der Waals surface area contributed by atoms with Crippen LogP contribution in [-0.4, -0.2) is 9.97 Å². The van der Waals surface area contributed by atoms with Crippen LogP contribution in [0.2, 0.25) is 0 Å². The number of rotatable bonds is 4. The van der Waals surface area contributed by atoms with Crippen molar-refractivity contribution in [3.8, 4) is 0 Å². The van der Waals surface area contributed by atoms with E-state index in [1.54, 1.807) is 0 Å². The van der Waals surface area contributed by atoms with Gasteiger partial charge in [0.15, 0.2) is 0 Å². The molecule has 0 unspecified atom stereocenters. The zero-order valence-corrected chi connectivity index (χ0v) is 15.8. The number of hydrogen-bond donors (Lipinski definition) is 2. The van der Waals surface area contributed by atoms with Crippen LogP contribution in [0.1, 0.15) is 0 Å². The van der Waals surface area contributed by atoms with Gasteiger partial charge >= 0.3 is 5.69 Å². The van der Waals surface area contributed by atoms with E-state index in [0.29, 0.717) is 0 Å². The lowest BCUT2D eigenvalue weighted by Crippen LogP contribution is -2.26. The Morgan fingerprint density at radius 2 is 1.07 bits per heavy atom. The van der Waals surface area contributed by atoms with Crippen LogP contribution in [0.4, 0.5) is 5.69 Å². The van der Waals surface area contributed by atoms with E-state index in [2.05, 4.69) is 9.97 Å². The zero-order valence-electron chi connectivity index (χ0n) is 14.9. The van der Waals surface area contributed by atoms with Crippen LogP contribution in [-0.2, 0) is 0 Å². The third-order valence-electron chi connectivity index (χ3n) is 4.45. The molecule has 0 saturated heterocycles. The van der Waals surface area contributed by atoms with Gasteiger partial charge in [0.25, 0.3) is 5.56 Å². The predicted molar refractivity (Wildman–Crippen MR) is 115 cm³/mol. The first-order chi connectivity index (χ1) is 13.7. The Balaban J connectivity index is 2.18. The fraction of sp³-hybridized carbons (Fsp3) is 0. The number of benzene rings is 3. The highest BCUT2D eigenvalue weighted by atomic mass is 31.2. The lowest BCUT2D eigenvalue weighted by atomic mass is 10.4. The zero-order chi connectivity index (χ0) is 19.4. The highest BCUT2D eigenvalue weighted by molar-refractivity contribution is 7.87. The number of H-pyrrole nitrogens is 2. The maximum absolute atomic E-state index is 12.5. The van der Waals surface area contributed by atoms with Gasteiger partial charge in [-0.05, 0) is 0 Å². The third kappa shape index (κ3) is 3.28. The second kappa shape index (κ2) is 7.67. The largest absolute Gasteiger partial charge is 0.325 e. The minimum absolute atomic E-state index is 0.199. The number of aromatic amines is 2. The third-order valence-corrected chi connectivity index (χ3v) is 8.10. The van der Waals surface area contributed by atoms with E-state index in [4.69, 9.17) is 4.74 Å². The first-order valence-electron chi connectivity index (χ1n) is 8.81. The summed E-state index contributed by atoms with van der Waals surface area (Å²) >= 11 is 0. The monoisotopic (exact) mass is 387 g/mol. The minimum Gasteiger partial charge on any atom is -0.312 e. The van der Waals surface area contributed by atoms with Crippen molar-refractivity contribution in [2.45, 2.75) is 0 Å². The molecule has 4 rings (SSSR count). The molecule has 0 bridgehead atoms. The van der Waals surface area contributed by atoms with E-state index in [1.165, 1.54) is 6.20 Å². The van der Waals surface area contributed by atoms with E-state index >= 15 is 0 Å². The summed E-state index contributed by atoms with van der Waals surface area (Å²) in [6.45, 7) is 0. The van der Waals surface area contributed by atoms with Gasteiger partial charge in [0.05, 0.1) is 7.05 Å². The first kappa shape index (κ1) is 18.0. The van der Waals surface area contributed by atoms with Gasteiger partial charge in [-0.15, -0.1) is 0 Å². The molecule has 0 saturated carbocycles. The summed E-state index contributed by atoms with van der Waals surface area (Å²) in [5, 5.41) is 3.08. The van der Waals surface area contributed by atoms with Gasteiger partial charge in [-0.25, -0.2) is 9.54 Å². The summed E-state index contributed by atoms with van der Waals surface area (Å²) in [6.07, 6.45) is 1.38. The van der Waals surface area contributed by atoms with Gasteiger partial charge in [-0.1, -0.05) is 91.0 Å². The van der Waals surface area contributed by atoms with Crippen LogP contribution >= 0.6 is 7.05 Å². The fourth-order valence-corrected chi connectivity index (χ4v) is 6.71. The second-order valence-electron chi connectivity index (χ2n) is 6.20. The summed E-state index contributed by atoms with van der Waals surface area (Å²) in [5.74, 6) is 0. The molecule has 6 heteroatoms. The topological polar surface area (TPSA) is 78.1 Å². The molecule has 3 aromatic carbocycles.